The van der Waals surface area contributed by atoms with Crippen LogP contribution in [0.3, 0.4) is 0 Å². The molecule has 18 heavy (non-hydrogen) atoms. The number of likely N-dealkylation sites (tertiary alicyclic amines) is 1. The molecule has 0 spiro atoms. The van der Waals surface area contributed by atoms with Crippen LogP contribution in [0.4, 0.5) is 0 Å². The van der Waals surface area contributed by atoms with Crippen molar-refractivity contribution in [1.82, 2.24) is 10.2 Å². The second kappa shape index (κ2) is 6.77. The number of carbonyl (C=O) groups excluding carboxylic acids is 1. The molecule has 1 atom stereocenters. The molecule has 0 saturated carbocycles. The molecule has 104 valence electrons. The lowest BCUT2D eigenvalue weighted by molar-refractivity contribution is -0.125. The lowest BCUT2D eigenvalue weighted by Crippen LogP contribution is -2.46. The summed E-state index contributed by atoms with van der Waals surface area (Å²) in [6.45, 7) is 9.13. The molecule has 1 aliphatic heterocycles. The summed E-state index contributed by atoms with van der Waals surface area (Å²) in [5, 5.41) is 3.41. The molecule has 4 heteroatoms. The first-order valence-electron chi connectivity index (χ1n) is 6.50. The number of methoxy groups -OCH3 is 1. The molecular weight excluding hydrogens is 228 g/mol. The fourth-order valence-corrected chi connectivity index (χ4v) is 2.18. The Bertz CT molecular complexity index is 349. The molecule has 1 heterocycles. The topological polar surface area (TPSA) is 41.6 Å². The van der Waals surface area contributed by atoms with Crippen molar-refractivity contribution in [2.45, 2.75) is 32.8 Å². The van der Waals surface area contributed by atoms with E-state index in [9.17, 15) is 4.79 Å². The molecule has 1 saturated heterocycles. The third-order valence-corrected chi connectivity index (χ3v) is 3.27. The Labute approximate surface area is 112 Å². The summed E-state index contributed by atoms with van der Waals surface area (Å²) in [6, 6.07) is 0. The average molecular weight is 254 g/mol. The van der Waals surface area contributed by atoms with Crippen molar-refractivity contribution in [1.29, 1.82) is 0 Å². The van der Waals surface area contributed by atoms with E-state index in [0.717, 1.165) is 26.1 Å². The number of amides is 1. The monoisotopic (exact) mass is 254 g/mol. The maximum atomic E-state index is 11.7. The molecular formula is C14H26N2O2. The van der Waals surface area contributed by atoms with Gasteiger partial charge in [0.25, 0.3) is 5.91 Å². The summed E-state index contributed by atoms with van der Waals surface area (Å²) in [5.74, 6) is 5.75. The van der Waals surface area contributed by atoms with Gasteiger partial charge in [0.15, 0.2) is 0 Å². The van der Waals surface area contributed by atoms with E-state index in [1.54, 1.807) is 18.9 Å². The molecule has 0 unspecified atom stereocenters. The van der Waals surface area contributed by atoms with E-state index < -0.39 is 0 Å². The van der Waals surface area contributed by atoms with Crippen LogP contribution in [-0.4, -0.2) is 49.7 Å². The normalized spacial score (nSPS) is 23.1. The van der Waals surface area contributed by atoms with Crippen LogP contribution < -0.4 is 5.32 Å². The van der Waals surface area contributed by atoms with Gasteiger partial charge in [-0.15, -0.1) is 0 Å². The van der Waals surface area contributed by atoms with Gasteiger partial charge in [0.05, 0.1) is 12.1 Å². The number of hydrogen-bond acceptors (Lipinski definition) is 3. The molecule has 0 radical (unpaired) electrons. The number of nitrogens with one attached hydrogen (secondary N) is 1. The van der Waals surface area contributed by atoms with Crippen LogP contribution in [0, 0.1) is 17.8 Å². The van der Waals surface area contributed by atoms with Crippen molar-refractivity contribution in [2.24, 2.45) is 5.92 Å². The quantitative estimate of drug-likeness (QED) is 0.748. The van der Waals surface area contributed by atoms with E-state index in [0.29, 0.717) is 12.5 Å². The zero-order valence-corrected chi connectivity index (χ0v) is 11.9. The third kappa shape index (κ3) is 4.01. The molecule has 1 rings (SSSR count). The van der Waals surface area contributed by atoms with Gasteiger partial charge in [-0.05, 0) is 31.7 Å². The van der Waals surface area contributed by atoms with Gasteiger partial charge in [0.1, 0.15) is 0 Å². The summed E-state index contributed by atoms with van der Waals surface area (Å²) >= 11 is 0. The molecule has 1 aliphatic rings. The minimum atomic E-state index is -0.250. The predicted molar refractivity (Wildman–Crippen MR) is 74.2 cm³/mol. The van der Waals surface area contributed by atoms with Crippen LogP contribution in [0.25, 0.3) is 0 Å². The van der Waals surface area contributed by atoms with Gasteiger partial charge >= 0.3 is 0 Å². The maximum Gasteiger partial charge on any atom is 0.298 e. The van der Waals surface area contributed by atoms with Crippen LogP contribution in [0.15, 0.2) is 0 Å². The van der Waals surface area contributed by atoms with E-state index in [-0.39, 0.29) is 12.9 Å². The number of ether oxygens (including phenoxy) is 1. The Morgan fingerprint density at radius 3 is 2.89 bits per heavy atom. The van der Waals surface area contributed by atoms with Gasteiger partial charge in [-0.25, -0.2) is 0 Å². The number of carbonyl (C=O) groups is 1. The molecule has 1 amide bonds. The summed E-state index contributed by atoms with van der Waals surface area (Å²) < 4.78 is 5.63. The average Bonchev–Trinajstić information content (AvgIpc) is 2.74. The van der Waals surface area contributed by atoms with Crippen molar-refractivity contribution < 1.29 is 11.0 Å². The molecule has 4 nitrogen and oxygen atoms in total. The van der Waals surface area contributed by atoms with Gasteiger partial charge in [0, 0.05) is 21.6 Å². The standard InChI is InChI=1S/C14H24N2O2.H2/c1-5-6-13(17)16-8-7-14(11-16,18-4)10-15-9-12(2)3;/h12,15H,7-11H2,1-4H3;1H/t14-;/m0./s1. The molecule has 0 bridgehead atoms. The minimum Gasteiger partial charge on any atom is -0.375 e. The second-order valence-corrected chi connectivity index (χ2v) is 5.26. The Kier molecular flexibility index (Phi) is 5.64. The smallest absolute Gasteiger partial charge is 0.298 e. The highest BCUT2D eigenvalue weighted by atomic mass is 16.5. The van der Waals surface area contributed by atoms with E-state index >= 15 is 0 Å². The van der Waals surface area contributed by atoms with Gasteiger partial charge in [-0.1, -0.05) is 19.8 Å². The van der Waals surface area contributed by atoms with Crippen LogP contribution >= 0.6 is 0 Å². The van der Waals surface area contributed by atoms with Crippen molar-refractivity contribution in [3.63, 3.8) is 0 Å². The summed E-state index contributed by atoms with van der Waals surface area (Å²) in [4.78, 5) is 13.5. The first-order chi connectivity index (χ1) is 8.53. The van der Waals surface area contributed by atoms with E-state index in [1.807, 2.05) is 0 Å². The Balaban J connectivity index is 0.00000324. The van der Waals surface area contributed by atoms with E-state index in [4.69, 9.17) is 4.74 Å². The minimum absolute atomic E-state index is 0. The lowest BCUT2D eigenvalue weighted by Gasteiger charge is -2.28. The Morgan fingerprint density at radius 2 is 2.33 bits per heavy atom. The summed E-state index contributed by atoms with van der Waals surface area (Å²) in [6.07, 6.45) is 0.867. The second-order valence-electron chi connectivity index (χ2n) is 5.26. The largest absolute Gasteiger partial charge is 0.375 e. The molecule has 0 aromatic rings. The van der Waals surface area contributed by atoms with E-state index in [2.05, 4.69) is 31.0 Å². The first-order valence-corrected chi connectivity index (χ1v) is 6.50. The molecule has 1 N–H and O–H groups in total. The Morgan fingerprint density at radius 1 is 1.61 bits per heavy atom. The number of rotatable bonds is 5. The molecule has 0 aromatic heterocycles. The van der Waals surface area contributed by atoms with Crippen molar-refractivity contribution >= 4 is 5.91 Å². The third-order valence-electron chi connectivity index (χ3n) is 3.27. The fraction of sp³-hybridized carbons (Fsp3) is 0.786. The SMILES string of the molecule is CC#CC(=O)N1CC[C@@](CNCC(C)C)(OC)C1.[HH]. The van der Waals surface area contributed by atoms with Crippen LogP contribution in [0.2, 0.25) is 0 Å². The van der Waals surface area contributed by atoms with Gasteiger partial charge in [-0.2, -0.15) is 0 Å². The van der Waals surface area contributed by atoms with Crippen molar-refractivity contribution in [3.05, 3.63) is 0 Å². The zero-order valence-electron chi connectivity index (χ0n) is 11.9. The van der Waals surface area contributed by atoms with Gasteiger partial charge in [0.2, 0.25) is 0 Å². The zero-order chi connectivity index (χ0) is 13.6. The molecule has 0 aromatic carbocycles. The predicted octanol–water partition coefficient (Wildman–Crippen LogP) is 1.12. The highest BCUT2D eigenvalue weighted by Gasteiger charge is 2.39. The van der Waals surface area contributed by atoms with Crippen molar-refractivity contribution in [3.8, 4) is 11.8 Å². The molecule has 1 fully saturated rings. The lowest BCUT2D eigenvalue weighted by atomic mass is 10.0. The number of hydrogen-bond donors (Lipinski definition) is 1. The van der Waals surface area contributed by atoms with E-state index in [1.165, 1.54) is 0 Å². The van der Waals surface area contributed by atoms with Gasteiger partial charge < -0.3 is 15.0 Å². The first kappa shape index (κ1) is 15.0. The van der Waals surface area contributed by atoms with Crippen LogP contribution in [-0.2, 0) is 9.53 Å². The summed E-state index contributed by atoms with van der Waals surface area (Å²) in [7, 11) is 1.72. The highest BCUT2D eigenvalue weighted by molar-refractivity contribution is 5.93. The maximum absolute atomic E-state index is 11.7. The fourth-order valence-electron chi connectivity index (χ4n) is 2.18. The molecule has 0 aliphatic carbocycles. The van der Waals surface area contributed by atoms with Crippen molar-refractivity contribution in [2.75, 3.05) is 33.3 Å². The van der Waals surface area contributed by atoms with Crippen LogP contribution in [0.5, 0.6) is 0 Å². The van der Waals surface area contributed by atoms with Gasteiger partial charge in [-0.3, -0.25) is 4.79 Å². The van der Waals surface area contributed by atoms with Crippen LogP contribution in [0.1, 0.15) is 28.6 Å². The summed E-state index contributed by atoms with van der Waals surface area (Å²) in [5.41, 5.74) is -0.250. The number of nitrogens with zero attached hydrogens (tertiary/aromatic N) is 1. The Hall–Kier alpha value is -1.05. The highest BCUT2D eigenvalue weighted by Crippen LogP contribution is 2.24.